The summed E-state index contributed by atoms with van der Waals surface area (Å²) in [6.45, 7) is 0. The highest BCUT2D eigenvalue weighted by Gasteiger charge is 2.07. The number of methoxy groups -OCH3 is 2. The van der Waals surface area contributed by atoms with E-state index in [0.717, 1.165) is 51.4 Å². The number of nitrogens with one attached hydrogen (secondary N) is 2. The molecule has 0 saturated heterocycles. The van der Waals surface area contributed by atoms with Crippen molar-refractivity contribution in [2.45, 2.75) is 77.0 Å². The Morgan fingerprint density at radius 2 is 1.00 bits per heavy atom. The molecule has 0 aliphatic carbocycles. The number of anilines is 2. The predicted molar refractivity (Wildman–Crippen MR) is 123 cm³/mol. The standard InChI is InChI=1S/C24H36N2O6/c1-31-23(29)16-9-5-3-7-14-21(27)25-19-12-11-13-20(18-19)26-22(28)15-8-4-6-10-17-24(30)32-2/h11-13,18H,3-10,14-17H2,1-2H3,(H,25,27)(H,26,28). The number of carbonyl (C=O) groups excluding carboxylic acids is 4. The number of hydrogen-bond acceptors (Lipinski definition) is 6. The molecular weight excluding hydrogens is 412 g/mol. The van der Waals surface area contributed by atoms with Crippen LogP contribution in [0.5, 0.6) is 0 Å². The van der Waals surface area contributed by atoms with Gasteiger partial charge in [0.05, 0.1) is 14.2 Å². The van der Waals surface area contributed by atoms with Crippen LogP contribution in [0.25, 0.3) is 0 Å². The van der Waals surface area contributed by atoms with Gasteiger partial charge in [-0.15, -0.1) is 0 Å². The lowest BCUT2D eigenvalue weighted by Crippen LogP contribution is -2.13. The maximum atomic E-state index is 12.1. The normalized spacial score (nSPS) is 10.3. The first-order chi connectivity index (χ1) is 15.4. The van der Waals surface area contributed by atoms with E-state index in [-0.39, 0.29) is 23.8 Å². The molecule has 8 heteroatoms. The van der Waals surface area contributed by atoms with Crippen LogP contribution >= 0.6 is 0 Å². The fourth-order valence-electron chi connectivity index (χ4n) is 3.14. The van der Waals surface area contributed by atoms with Gasteiger partial charge in [0.2, 0.25) is 11.8 Å². The van der Waals surface area contributed by atoms with E-state index in [1.165, 1.54) is 14.2 Å². The molecule has 1 aromatic rings. The molecule has 0 heterocycles. The van der Waals surface area contributed by atoms with Crippen molar-refractivity contribution < 1.29 is 28.7 Å². The van der Waals surface area contributed by atoms with Crippen molar-refractivity contribution in [1.29, 1.82) is 0 Å². The number of esters is 2. The summed E-state index contributed by atoms with van der Waals surface area (Å²) in [6, 6.07) is 7.09. The van der Waals surface area contributed by atoms with E-state index in [2.05, 4.69) is 20.1 Å². The Balaban J connectivity index is 2.22. The van der Waals surface area contributed by atoms with Gasteiger partial charge in [0.1, 0.15) is 0 Å². The van der Waals surface area contributed by atoms with Gasteiger partial charge in [-0.3, -0.25) is 19.2 Å². The highest BCUT2D eigenvalue weighted by Crippen LogP contribution is 2.17. The minimum atomic E-state index is -0.203. The summed E-state index contributed by atoms with van der Waals surface area (Å²) in [7, 11) is 2.76. The van der Waals surface area contributed by atoms with E-state index in [4.69, 9.17) is 0 Å². The van der Waals surface area contributed by atoms with Gasteiger partial charge in [-0.05, 0) is 43.9 Å². The second kappa shape index (κ2) is 16.8. The van der Waals surface area contributed by atoms with Crippen LogP contribution in [0, 0.1) is 0 Å². The summed E-state index contributed by atoms with van der Waals surface area (Å²) in [4.78, 5) is 46.3. The van der Waals surface area contributed by atoms with Crippen molar-refractivity contribution in [2.24, 2.45) is 0 Å². The Hall–Kier alpha value is -2.90. The fraction of sp³-hybridized carbons (Fsp3) is 0.583. The van der Waals surface area contributed by atoms with E-state index in [1.807, 2.05) is 0 Å². The van der Waals surface area contributed by atoms with Crippen LogP contribution in [0.15, 0.2) is 24.3 Å². The molecule has 0 radical (unpaired) electrons. The first kappa shape index (κ1) is 27.1. The van der Waals surface area contributed by atoms with Crippen LogP contribution in [0.2, 0.25) is 0 Å². The summed E-state index contributed by atoms with van der Waals surface area (Å²) in [5, 5.41) is 5.70. The number of amides is 2. The van der Waals surface area contributed by atoms with Crippen LogP contribution in [0.4, 0.5) is 11.4 Å². The summed E-state index contributed by atoms with van der Waals surface area (Å²) in [5.74, 6) is -0.558. The van der Waals surface area contributed by atoms with E-state index in [9.17, 15) is 19.2 Å². The maximum Gasteiger partial charge on any atom is 0.305 e. The number of rotatable bonds is 16. The summed E-state index contributed by atoms with van der Waals surface area (Å²) in [5.41, 5.74) is 1.28. The minimum Gasteiger partial charge on any atom is -0.469 e. The average molecular weight is 449 g/mol. The van der Waals surface area contributed by atoms with E-state index >= 15 is 0 Å². The van der Waals surface area contributed by atoms with Gasteiger partial charge in [-0.25, -0.2) is 0 Å². The predicted octanol–water partition coefficient (Wildman–Crippen LogP) is 4.59. The minimum absolute atomic E-state index is 0.0756. The molecule has 32 heavy (non-hydrogen) atoms. The Labute approximate surface area is 190 Å². The van der Waals surface area contributed by atoms with Crippen molar-refractivity contribution in [1.82, 2.24) is 0 Å². The Morgan fingerprint density at radius 1 is 0.625 bits per heavy atom. The van der Waals surface area contributed by atoms with Crippen molar-refractivity contribution >= 4 is 35.1 Å². The third-order valence-corrected chi connectivity index (χ3v) is 4.95. The van der Waals surface area contributed by atoms with Gasteiger partial charge < -0.3 is 20.1 Å². The number of unbranched alkanes of at least 4 members (excludes halogenated alkanes) is 6. The molecule has 0 atom stereocenters. The zero-order valence-corrected chi connectivity index (χ0v) is 19.2. The van der Waals surface area contributed by atoms with E-state index < -0.39 is 0 Å². The number of hydrogen-bond donors (Lipinski definition) is 2. The van der Waals surface area contributed by atoms with Gasteiger partial charge in [-0.2, -0.15) is 0 Å². The quantitative estimate of drug-likeness (QED) is 0.283. The van der Waals surface area contributed by atoms with Gasteiger partial charge in [0.25, 0.3) is 0 Å². The Bertz CT molecular complexity index is 678. The first-order valence-corrected chi connectivity index (χ1v) is 11.3. The highest BCUT2D eigenvalue weighted by atomic mass is 16.5. The molecule has 178 valence electrons. The summed E-state index contributed by atoms with van der Waals surface area (Å²) >= 11 is 0. The Morgan fingerprint density at radius 3 is 1.38 bits per heavy atom. The molecule has 8 nitrogen and oxygen atoms in total. The van der Waals surface area contributed by atoms with Crippen LogP contribution in [0.1, 0.15) is 77.0 Å². The number of ether oxygens (including phenoxy) is 2. The first-order valence-electron chi connectivity index (χ1n) is 11.3. The number of carbonyl (C=O) groups is 4. The lowest BCUT2D eigenvalue weighted by molar-refractivity contribution is -0.141. The Kier molecular flexibility index (Phi) is 14.2. The molecule has 0 spiro atoms. The SMILES string of the molecule is COC(=O)CCCCCCC(=O)Nc1cccc(NC(=O)CCCCCCC(=O)OC)c1. The monoisotopic (exact) mass is 448 g/mol. The smallest absolute Gasteiger partial charge is 0.305 e. The third-order valence-electron chi connectivity index (χ3n) is 4.95. The molecule has 0 aromatic heterocycles. The molecule has 0 bridgehead atoms. The highest BCUT2D eigenvalue weighted by molar-refractivity contribution is 5.94. The van der Waals surface area contributed by atoms with Crippen molar-refractivity contribution in [3.63, 3.8) is 0 Å². The van der Waals surface area contributed by atoms with Gasteiger partial charge in [-0.1, -0.05) is 31.7 Å². The second-order valence-corrected chi connectivity index (χ2v) is 7.66. The lowest BCUT2D eigenvalue weighted by atomic mass is 10.1. The average Bonchev–Trinajstić information content (AvgIpc) is 2.78. The van der Waals surface area contributed by atoms with E-state index in [1.54, 1.807) is 24.3 Å². The molecule has 0 fully saturated rings. The topological polar surface area (TPSA) is 111 Å². The molecule has 2 amide bonds. The molecular formula is C24H36N2O6. The molecule has 0 saturated carbocycles. The second-order valence-electron chi connectivity index (χ2n) is 7.66. The fourth-order valence-corrected chi connectivity index (χ4v) is 3.14. The zero-order chi connectivity index (χ0) is 23.6. The van der Waals surface area contributed by atoms with Crippen LogP contribution < -0.4 is 10.6 Å². The van der Waals surface area contributed by atoms with Crippen molar-refractivity contribution in [2.75, 3.05) is 24.9 Å². The summed E-state index contributed by atoms with van der Waals surface area (Å²) in [6.07, 6.45) is 8.21. The maximum absolute atomic E-state index is 12.1. The van der Waals surface area contributed by atoms with Crippen molar-refractivity contribution in [3.05, 3.63) is 24.3 Å². The van der Waals surface area contributed by atoms with Gasteiger partial charge in [0, 0.05) is 37.1 Å². The largest absolute Gasteiger partial charge is 0.469 e. The van der Waals surface area contributed by atoms with Crippen LogP contribution in [-0.2, 0) is 28.7 Å². The van der Waals surface area contributed by atoms with Crippen LogP contribution in [-0.4, -0.2) is 38.0 Å². The molecule has 1 rings (SSSR count). The molecule has 0 unspecified atom stereocenters. The van der Waals surface area contributed by atoms with Gasteiger partial charge >= 0.3 is 11.9 Å². The summed E-state index contributed by atoms with van der Waals surface area (Å²) < 4.78 is 9.19. The third kappa shape index (κ3) is 13.4. The molecule has 2 N–H and O–H groups in total. The molecule has 0 aliphatic heterocycles. The lowest BCUT2D eigenvalue weighted by Gasteiger charge is -2.09. The van der Waals surface area contributed by atoms with E-state index in [0.29, 0.717) is 37.1 Å². The molecule has 0 aliphatic rings. The molecule has 1 aromatic carbocycles. The number of benzene rings is 1. The van der Waals surface area contributed by atoms with Gasteiger partial charge in [0.15, 0.2) is 0 Å². The van der Waals surface area contributed by atoms with Crippen molar-refractivity contribution in [3.8, 4) is 0 Å². The van der Waals surface area contributed by atoms with Crippen LogP contribution in [0.3, 0.4) is 0 Å². The zero-order valence-electron chi connectivity index (χ0n) is 19.2.